The summed E-state index contributed by atoms with van der Waals surface area (Å²) >= 11 is 0. The molecule has 0 aromatic heterocycles. The van der Waals surface area contributed by atoms with Gasteiger partial charge in [-0.2, -0.15) is 0 Å². The number of aryl methyl sites for hydroxylation is 1. The van der Waals surface area contributed by atoms with Crippen LogP contribution in [0.3, 0.4) is 0 Å². The summed E-state index contributed by atoms with van der Waals surface area (Å²) < 4.78 is 4.70. The Labute approximate surface area is 113 Å². The minimum atomic E-state index is -0.974. The second-order valence-electron chi connectivity index (χ2n) is 4.77. The van der Waals surface area contributed by atoms with E-state index in [-0.39, 0.29) is 5.91 Å². The highest BCUT2D eigenvalue weighted by Gasteiger charge is 2.27. The van der Waals surface area contributed by atoms with Crippen LogP contribution in [0.15, 0.2) is 18.2 Å². The van der Waals surface area contributed by atoms with Crippen LogP contribution in [-0.4, -0.2) is 24.5 Å². The number of carbonyl (C=O) groups is 2. The lowest BCUT2D eigenvalue weighted by Crippen LogP contribution is -2.48. The molecule has 3 N–H and O–H groups in total. The summed E-state index contributed by atoms with van der Waals surface area (Å²) in [7, 11) is 1.30. The highest BCUT2D eigenvalue weighted by molar-refractivity contribution is 6.04. The van der Waals surface area contributed by atoms with Crippen LogP contribution < -0.4 is 11.1 Å². The number of nitrogens with two attached hydrogens (primary N) is 1. The van der Waals surface area contributed by atoms with Crippen LogP contribution in [0, 0.1) is 6.92 Å². The maximum absolute atomic E-state index is 12.0. The molecule has 1 unspecified atom stereocenters. The van der Waals surface area contributed by atoms with Crippen molar-refractivity contribution in [2.75, 3.05) is 12.4 Å². The van der Waals surface area contributed by atoms with Crippen LogP contribution in [0.5, 0.6) is 0 Å². The van der Waals surface area contributed by atoms with Crippen molar-refractivity contribution in [1.82, 2.24) is 0 Å². The maximum Gasteiger partial charge on any atom is 0.339 e. The Bertz CT molecular complexity index is 495. The number of amides is 1. The molecule has 0 bridgehead atoms. The first kappa shape index (κ1) is 15.2. The van der Waals surface area contributed by atoms with E-state index in [1.807, 2.05) is 19.9 Å². The standard InChI is InChI=1S/C14H20N2O3/c1-5-14(3,15)13(18)16-11-7-6-9(2)8-10(11)12(17)19-4/h6-8H,5,15H2,1-4H3,(H,16,18). The van der Waals surface area contributed by atoms with Crippen LogP contribution in [0.1, 0.15) is 36.2 Å². The first-order chi connectivity index (χ1) is 8.81. The van der Waals surface area contributed by atoms with Crippen LogP contribution >= 0.6 is 0 Å². The van der Waals surface area contributed by atoms with E-state index in [0.29, 0.717) is 17.7 Å². The van der Waals surface area contributed by atoms with E-state index in [2.05, 4.69) is 5.32 Å². The highest BCUT2D eigenvalue weighted by atomic mass is 16.5. The van der Waals surface area contributed by atoms with Crippen LogP contribution in [0.2, 0.25) is 0 Å². The minimum absolute atomic E-state index is 0.322. The number of benzene rings is 1. The van der Waals surface area contributed by atoms with Crippen LogP contribution in [-0.2, 0) is 9.53 Å². The van der Waals surface area contributed by atoms with Crippen molar-refractivity contribution >= 4 is 17.6 Å². The normalized spacial score (nSPS) is 13.5. The Morgan fingerprint density at radius 1 is 1.42 bits per heavy atom. The summed E-state index contributed by atoms with van der Waals surface area (Å²) in [6.07, 6.45) is 0.498. The molecular weight excluding hydrogens is 244 g/mol. The van der Waals surface area contributed by atoms with E-state index in [1.165, 1.54) is 7.11 Å². The average molecular weight is 264 g/mol. The molecule has 0 heterocycles. The molecule has 1 amide bonds. The van der Waals surface area contributed by atoms with Crippen molar-refractivity contribution in [3.05, 3.63) is 29.3 Å². The molecule has 0 aliphatic heterocycles. The zero-order chi connectivity index (χ0) is 14.6. The number of ether oxygens (including phenoxy) is 1. The lowest BCUT2D eigenvalue weighted by atomic mass is 9.99. The predicted octanol–water partition coefficient (Wildman–Crippen LogP) is 1.85. The monoisotopic (exact) mass is 264 g/mol. The van der Waals surface area contributed by atoms with Crippen molar-refractivity contribution in [3.8, 4) is 0 Å². The highest BCUT2D eigenvalue weighted by Crippen LogP contribution is 2.20. The SMILES string of the molecule is CCC(C)(N)C(=O)Nc1ccc(C)cc1C(=O)OC. The second kappa shape index (κ2) is 5.84. The molecule has 19 heavy (non-hydrogen) atoms. The third-order valence-electron chi connectivity index (χ3n) is 3.08. The van der Waals surface area contributed by atoms with Gasteiger partial charge in [-0.25, -0.2) is 4.79 Å². The molecular formula is C14H20N2O3. The molecule has 0 spiro atoms. The third kappa shape index (κ3) is 3.54. The Morgan fingerprint density at radius 2 is 2.05 bits per heavy atom. The molecule has 0 aliphatic rings. The van der Waals surface area contributed by atoms with Crippen molar-refractivity contribution in [3.63, 3.8) is 0 Å². The number of anilines is 1. The van der Waals surface area contributed by atoms with Gasteiger partial charge in [-0.3, -0.25) is 4.79 Å². The Hall–Kier alpha value is -1.88. The zero-order valence-corrected chi connectivity index (χ0v) is 11.7. The van der Waals surface area contributed by atoms with E-state index < -0.39 is 11.5 Å². The molecule has 1 aromatic carbocycles. The molecule has 5 heteroatoms. The molecule has 1 rings (SSSR count). The largest absolute Gasteiger partial charge is 0.465 e. The van der Waals surface area contributed by atoms with Gasteiger partial charge in [0.05, 0.1) is 23.9 Å². The van der Waals surface area contributed by atoms with Gasteiger partial charge < -0.3 is 15.8 Å². The fourth-order valence-corrected chi connectivity index (χ4v) is 1.47. The number of hydrogen-bond acceptors (Lipinski definition) is 4. The van der Waals surface area contributed by atoms with Crippen molar-refractivity contribution < 1.29 is 14.3 Å². The quantitative estimate of drug-likeness (QED) is 0.813. The molecule has 5 nitrogen and oxygen atoms in total. The summed E-state index contributed by atoms with van der Waals surface area (Å²) in [5.74, 6) is -0.821. The third-order valence-corrected chi connectivity index (χ3v) is 3.08. The second-order valence-corrected chi connectivity index (χ2v) is 4.77. The van der Waals surface area contributed by atoms with Crippen molar-refractivity contribution in [1.29, 1.82) is 0 Å². The first-order valence-corrected chi connectivity index (χ1v) is 6.11. The van der Waals surface area contributed by atoms with Gasteiger partial charge in [0.2, 0.25) is 5.91 Å². The van der Waals surface area contributed by atoms with E-state index in [1.54, 1.807) is 19.1 Å². The molecule has 0 radical (unpaired) electrons. The van der Waals surface area contributed by atoms with E-state index in [0.717, 1.165) is 5.56 Å². The van der Waals surface area contributed by atoms with Crippen molar-refractivity contribution in [2.45, 2.75) is 32.7 Å². The summed E-state index contributed by atoms with van der Waals surface area (Å²) in [5, 5.41) is 2.68. The lowest BCUT2D eigenvalue weighted by Gasteiger charge is -2.22. The molecule has 0 saturated carbocycles. The van der Waals surface area contributed by atoms with E-state index in [4.69, 9.17) is 10.5 Å². The van der Waals surface area contributed by atoms with Gasteiger partial charge in [-0.1, -0.05) is 18.6 Å². The lowest BCUT2D eigenvalue weighted by molar-refractivity contribution is -0.120. The van der Waals surface area contributed by atoms with Crippen LogP contribution in [0.4, 0.5) is 5.69 Å². The summed E-state index contributed by atoms with van der Waals surface area (Å²) in [5.41, 5.74) is 6.53. The number of rotatable bonds is 4. The molecule has 1 atom stereocenters. The van der Waals surface area contributed by atoms with E-state index in [9.17, 15) is 9.59 Å². The first-order valence-electron chi connectivity index (χ1n) is 6.11. The number of esters is 1. The fraction of sp³-hybridized carbons (Fsp3) is 0.429. The van der Waals surface area contributed by atoms with E-state index >= 15 is 0 Å². The summed E-state index contributed by atoms with van der Waals surface area (Å²) in [4.78, 5) is 23.7. The predicted molar refractivity (Wildman–Crippen MR) is 74.0 cm³/mol. The topological polar surface area (TPSA) is 81.4 Å². The van der Waals surface area contributed by atoms with Crippen molar-refractivity contribution in [2.24, 2.45) is 5.73 Å². The molecule has 0 saturated heterocycles. The zero-order valence-electron chi connectivity index (χ0n) is 11.7. The number of hydrogen-bond donors (Lipinski definition) is 2. The van der Waals surface area contributed by atoms with Gasteiger partial charge in [0, 0.05) is 0 Å². The number of carbonyl (C=O) groups excluding carboxylic acids is 2. The molecule has 0 aliphatic carbocycles. The summed E-state index contributed by atoms with van der Waals surface area (Å²) in [6, 6.07) is 5.15. The Morgan fingerprint density at radius 3 is 2.58 bits per heavy atom. The van der Waals surface area contributed by atoms with Gasteiger partial charge in [0.25, 0.3) is 0 Å². The minimum Gasteiger partial charge on any atom is -0.465 e. The van der Waals surface area contributed by atoms with Crippen LogP contribution in [0.25, 0.3) is 0 Å². The molecule has 104 valence electrons. The molecule has 0 fully saturated rings. The smallest absolute Gasteiger partial charge is 0.339 e. The van der Waals surface area contributed by atoms with Gasteiger partial charge in [-0.15, -0.1) is 0 Å². The van der Waals surface area contributed by atoms with Gasteiger partial charge in [0.15, 0.2) is 0 Å². The average Bonchev–Trinajstić information content (AvgIpc) is 2.39. The Balaban J connectivity index is 3.08. The van der Waals surface area contributed by atoms with Gasteiger partial charge in [-0.05, 0) is 32.4 Å². The van der Waals surface area contributed by atoms with Gasteiger partial charge >= 0.3 is 5.97 Å². The Kier molecular flexibility index (Phi) is 4.67. The summed E-state index contributed by atoms with van der Waals surface area (Å²) in [6.45, 7) is 5.33. The van der Waals surface area contributed by atoms with Gasteiger partial charge in [0.1, 0.15) is 0 Å². The number of nitrogens with one attached hydrogen (secondary N) is 1. The molecule has 1 aromatic rings. The number of methoxy groups -OCH3 is 1. The fourth-order valence-electron chi connectivity index (χ4n) is 1.47. The maximum atomic E-state index is 12.0.